The third-order valence-electron chi connectivity index (χ3n) is 10.1. The Morgan fingerprint density at radius 1 is 1.13 bits per heavy atom. The molecule has 0 bridgehead atoms. The van der Waals surface area contributed by atoms with E-state index >= 15 is 0 Å². The van der Waals surface area contributed by atoms with E-state index in [1.807, 2.05) is 20.9 Å². The van der Waals surface area contributed by atoms with Crippen molar-refractivity contribution in [3.8, 4) is 0 Å². The van der Waals surface area contributed by atoms with E-state index in [0.717, 1.165) is 37.1 Å². The van der Waals surface area contributed by atoms with Gasteiger partial charge in [-0.05, 0) is 92.8 Å². The van der Waals surface area contributed by atoms with Gasteiger partial charge in [-0.2, -0.15) is 0 Å². The minimum Gasteiger partial charge on any atom is -0.342 e. The van der Waals surface area contributed by atoms with Crippen LogP contribution >= 0.6 is 0 Å². The molecule has 5 nitrogen and oxygen atoms in total. The number of likely N-dealkylation sites (tertiary alicyclic amines) is 1. The lowest BCUT2D eigenvalue weighted by atomic mass is 9.47. The monoisotopic (exact) mass is 417 g/mol. The molecule has 0 aromatic carbocycles. The van der Waals surface area contributed by atoms with E-state index in [1.54, 1.807) is 0 Å². The smallest absolute Gasteiger partial charge is 0.314 e. The van der Waals surface area contributed by atoms with Gasteiger partial charge in [-0.3, -0.25) is 4.79 Å². The second-order valence-corrected chi connectivity index (χ2v) is 11.9. The average Bonchev–Trinajstić information content (AvgIpc) is 2.93. The first-order chi connectivity index (χ1) is 14.1. The molecule has 5 heteroatoms. The molecule has 3 saturated carbocycles. The van der Waals surface area contributed by atoms with Crippen LogP contribution in [-0.4, -0.2) is 42.5 Å². The molecule has 8 atom stereocenters. The lowest BCUT2D eigenvalue weighted by Crippen LogP contribution is -2.61. The molecular weight excluding hydrogens is 374 g/mol. The fourth-order valence-electron chi connectivity index (χ4n) is 8.57. The predicted molar refractivity (Wildman–Crippen MR) is 120 cm³/mol. The maximum absolute atomic E-state index is 12.4. The number of urea groups is 1. The topological polar surface area (TPSA) is 61.4 Å². The number of piperidine rings is 1. The third-order valence-corrected chi connectivity index (χ3v) is 10.1. The summed E-state index contributed by atoms with van der Waals surface area (Å²) in [6.07, 6.45) is 8.08. The van der Waals surface area contributed by atoms with Gasteiger partial charge >= 0.3 is 6.03 Å². The van der Waals surface area contributed by atoms with Crippen LogP contribution in [0, 0.1) is 40.4 Å². The van der Waals surface area contributed by atoms with E-state index in [9.17, 15) is 9.59 Å². The van der Waals surface area contributed by atoms with Crippen molar-refractivity contribution < 1.29 is 9.59 Å². The van der Waals surface area contributed by atoms with Gasteiger partial charge in [-0.1, -0.05) is 20.8 Å². The summed E-state index contributed by atoms with van der Waals surface area (Å²) in [7, 11) is 2.04. The molecule has 1 unspecified atom stereocenters. The first-order valence-corrected chi connectivity index (χ1v) is 12.4. The SMILES string of the molecule is CC(C)NC(=O)NC[C@H]1C(C)C[C@H]2[C@@H]3CC[C@H]4N(C)C(=O)CC[C@]4(C)[C@H]3CC[C@]12C. The number of hydrogen-bond acceptors (Lipinski definition) is 2. The number of rotatable bonds is 3. The number of fused-ring (bicyclic) bond motifs is 5. The van der Waals surface area contributed by atoms with Crippen LogP contribution in [0.5, 0.6) is 0 Å². The van der Waals surface area contributed by atoms with Gasteiger partial charge in [0.25, 0.3) is 0 Å². The van der Waals surface area contributed by atoms with Gasteiger partial charge in [0.15, 0.2) is 0 Å². The summed E-state index contributed by atoms with van der Waals surface area (Å²) < 4.78 is 0. The Morgan fingerprint density at radius 2 is 1.87 bits per heavy atom. The van der Waals surface area contributed by atoms with Crippen LogP contribution in [0.1, 0.15) is 79.6 Å². The molecule has 0 aromatic heterocycles. The van der Waals surface area contributed by atoms with Gasteiger partial charge in [0.1, 0.15) is 0 Å². The molecule has 2 N–H and O–H groups in total. The minimum absolute atomic E-state index is 0.0270. The summed E-state index contributed by atoms with van der Waals surface area (Å²) in [6.45, 7) is 12.2. The van der Waals surface area contributed by atoms with E-state index in [1.165, 1.54) is 32.1 Å². The number of nitrogens with zero attached hydrogens (tertiary/aromatic N) is 1. The van der Waals surface area contributed by atoms with Crippen LogP contribution < -0.4 is 10.6 Å². The van der Waals surface area contributed by atoms with E-state index in [2.05, 4.69) is 36.3 Å². The summed E-state index contributed by atoms with van der Waals surface area (Å²) in [5.41, 5.74) is 0.606. The summed E-state index contributed by atoms with van der Waals surface area (Å²) >= 11 is 0. The van der Waals surface area contributed by atoms with Gasteiger partial charge in [0, 0.05) is 32.1 Å². The number of carbonyl (C=O) groups is 2. The van der Waals surface area contributed by atoms with Crippen molar-refractivity contribution >= 4 is 11.9 Å². The highest BCUT2D eigenvalue weighted by Crippen LogP contribution is 2.67. The molecular formula is C25H43N3O2. The fourth-order valence-corrected chi connectivity index (χ4v) is 8.57. The van der Waals surface area contributed by atoms with E-state index in [0.29, 0.717) is 29.2 Å². The summed E-state index contributed by atoms with van der Waals surface area (Å²) in [5, 5.41) is 6.16. The highest BCUT2D eigenvalue weighted by molar-refractivity contribution is 5.77. The van der Waals surface area contributed by atoms with Crippen molar-refractivity contribution in [2.45, 2.75) is 91.6 Å². The lowest BCUT2D eigenvalue weighted by Gasteiger charge is -2.61. The third kappa shape index (κ3) is 3.35. The van der Waals surface area contributed by atoms with E-state index in [4.69, 9.17) is 0 Å². The first kappa shape index (κ1) is 22.0. The second kappa shape index (κ2) is 7.70. The van der Waals surface area contributed by atoms with Crippen molar-refractivity contribution in [2.24, 2.45) is 40.4 Å². The summed E-state index contributed by atoms with van der Waals surface area (Å²) in [4.78, 5) is 26.7. The molecule has 4 rings (SSSR count). The molecule has 170 valence electrons. The standard InChI is InChI=1S/C25H43N3O2/c1-15(2)27-23(30)26-14-20-16(3)13-19-17-7-8-21-25(5,12-10-22(29)28(21)6)18(17)9-11-24(19,20)4/h15-21H,7-14H2,1-6H3,(H2,26,27,30)/t16?,17-,18+,19+,20+,21-,24+,25-/m1/s1. The number of hydrogen-bond donors (Lipinski definition) is 2. The van der Waals surface area contributed by atoms with Crippen LogP contribution in [0.25, 0.3) is 0 Å². The minimum atomic E-state index is -0.0270. The zero-order chi connectivity index (χ0) is 21.8. The Balaban J connectivity index is 1.50. The molecule has 1 aliphatic heterocycles. The fraction of sp³-hybridized carbons (Fsp3) is 0.920. The van der Waals surface area contributed by atoms with Gasteiger partial charge in [-0.25, -0.2) is 4.79 Å². The lowest BCUT2D eigenvalue weighted by molar-refractivity contribution is -0.158. The first-order valence-electron chi connectivity index (χ1n) is 12.4. The van der Waals surface area contributed by atoms with Crippen LogP contribution in [0.2, 0.25) is 0 Å². The van der Waals surface area contributed by atoms with Crippen LogP contribution in [-0.2, 0) is 4.79 Å². The molecule has 3 amide bonds. The Morgan fingerprint density at radius 3 is 2.57 bits per heavy atom. The Bertz CT molecular complexity index is 694. The molecule has 0 spiro atoms. The van der Waals surface area contributed by atoms with Crippen molar-refractivity contribution in [2.75, 3.05) is 13.6 Å². The molecule has 1 heterocycles. The Hall–Kier alpha value is -1.26. The van der Waals surface area contributed by atoms with Crippen molar-refractivity contribution in [3.63, 3.8) is 0 Å². The number of amides is 3. The zero-order valence-corrected chi connectivity index (χ0v) is 20.0. The van der Waals surface area contributed by atoms with Gasteiger partial charge in [0.05, 0.1) is 0 Å². The zero-order valence-electron chi connectivity index (χ0n) is 20.0. The predicted octanol–water partition coefficient (Wildman–Crippen LogP) is 4.42. The second-order valence-electron chi connectivity index (χ2n) is 11.9. The maximum atomic E-state index is 12.4. The summed E-state index contributed by atoms with van der Waals surface area (Å²) in [6, 6.07) is 0.572. The quantitative estimate of drug-likeness (QED) is 0.714. The van der Waals surface area contributed by atoms with Crippen molar-refractivity contribution in [1.29, 1.82) is 0 Å². The molecule has 0 radical (unpaired) electrons. The molecule has 3 aliphatic carbocycles. The largest absolute Gasteiger partial charge is 0.342 e. The van der Waals surface area contributed by atoms with Crippen molar-refractivity contribution in [1.82, 2.24) is 15.5 Å². The highest BCUT2D eigenvalue weighted by Gasteiger charge is 2.62. The molecule has 0 aromatic rings. The molecule has 4 aliphatic rings. The Kier molecular flexibility index (Phi) is 5.64. The summed E-state index contributed by atoms with van der Waals surface area (Å²) in [5.74, 6) is 3.84. The molecule has 4 fully saturated rings. The van der Waals surface area contributed by atoms with Gasteiger partial charge in [-0.15, -0.1) is 0 Å². The van der Waals surface area contributed by atoms with Crippen LogP contribution in [0.4, 0.5) is 4.79 Å². The Labute approximate surface area is 183 Å². The highest BCUT2D eigenvalue weighted by atomic mass is 16.2. The van der Waals surface area contributed by atoms with Crippen LogP contribution in [0.3, 0.4) is 0 Å². The van der Waals surface area contributed by atoms with Gasteiger partial charge in [0.2, 0.25) is 5.91 Å². The van der Waals surface area contributed by atoms with Crippen LogP contribution in [0.15, 0.2) is 0 Å². The molecule has 1 saturated heterocycles. The van der Waals surface area contributed by atoms with E-state index < -0.39 is 0 Å². The normalized spacial score (nSPS) is 45.6. The average molecular weight is 418 g/mol. The van der Waals surface area contributed by atoms with E-state index in [-0.39, 0.29) is 17.5 Å². The maximum Gasteiger partial charge on any atom is 0.314 e. The van der Waals surface area contributed by atoms with Crippen molar-refractivity contribution in [3.05, 3.63) is 0 Å². The molecule has 30 heavy (non-hydrogen) atoms. The number of nitrogens with one attached hydrogen (secondary N) is 2. The number of carbonyl (C=O) groups excluding carboxylic acids is 2. The van der Waals surface area contributed by atoms with Gasteiger partial charge < -0.3 is 15.5 Å².